The van der Waals surface area contributed by atoms with Crippen molar-refractivity contribution in [2.45, 2.75) is 45.6 Å². The fraction of sp³-hybridized carbons (Fsp3) is 0.917. The van der Waals surface area contributed by atoms with E-state index < -0.39 is 19.0 Å². The first-order valence-electron chi connectivity index (χ1n) is 6.43. The predicted molar refractivity (Wildman–Crippen MR) is 66.7 cm³/mol. The third kappa shape index (κ3) is 7.55. The number of nitrogens with one attached hydrogen (secondary N) is 1. The van der Waals surface area contributed by atoms with E-state index in [9.17, 15) is 13.6 Å². The fourth-order valence-corrected chi connectivity index (χ4v) is 1.65. The second kappa shape index (κ2) is 10.2. The van der Waals surface area contributed by atoms with Gasteiger partial charge in [-0.2, -0.15) is 0 Å². The maximum atomic E-state index is 12.3. The minimum Gasteiger partial charge on any atom is -0.395 e. The van der Waals surface area contributed by atoms with Crippen molar-refractivity contribution in [2.75, 3.05) is 26.2 Å². The van der Waals surface area contributed by atoms with E-state index in [-0.39, 0.29) is 19.1 Å². The minimum atomic E-state index is -2.51. The first-order chi connectivity index (χ1) is 8.52. The average Bonchev–Trinajstić information content (AvgIpc) is 2.32. The number of nitrogens with zero attached hydrogens (tertiary/aromatic N) is 1. The van der Waals surface area contributed by atoms with Crippen LogP contribution in [0.15, 0.2) is 0 Å². The van der Waals surface area contributed by atoms with E-state index in [2.05, 4.69) is 12.2 Å². The number of halogens is 2. The molecule has 1 atom stereocenters. The molecule has 0 rings (SSSR count). The van der Waals surface area contributed by atoms with Gasteiger partial charge in [0.1, 0.15) is 0 Å². The van der Waals surface area contributed by atoms with Gasteiger partial charge >= 0.3 is 0 Å². The number of rotatable bonds is 10. The molecule has 0 bridgehead atoms. The van der Waals surface area contributed by atoms with Crippen molar-refractivity contribution >= 4 is 5.91 Å². The fourth-order valence-electron chi connectivity index (χ4n) is 1.65. The van der Waals surface area contributed by atoms with Gasteiger partial charge in [0.2, 0.25) is 5.91 Å². The Kier molecular flexibility index (Phi) is 9.77. The summed E-state index contributed by atoms with van der Waals surface area (Å²) in [6, 6.07) is -0.646. The van der Waals surface area contributed by atoms with E-state index in [0.717, 1.165) is 19.3 Å². The maximum Gasteiger partial charge on any atom is 0.251 e. The van der Waals surface area contributed by atoms with Crippen LogP contribution in [-0.2, 0) is 4.79 Å². The Morgan fingerprint density at radius 1 is 1.39 bits per heavy atom. The van der Waals surface area contributed by atoms with Gasteiger partial charge in [-0.1, -0.05) is 19.8 Å². The monoisotopic (exact) mass is 266 g/mol. The van der Waals surface area contributed by atoms with Gasteiger partial charge in [-0.05, 0) is 13.3 Å². The van der Waals surface area contributed by atoms with Gasteiger partial charge in [0.15, 0.2) is 0 Å². The second-order valence-corrected chi connectivity index (χ2v) is 4.28. The molecule has 0 fully saturated rings. The summed E-state index contributed by atoms with van der Waals surface area (Å²) in [7, 11) is 0. The molecule has 0 aromatic rings. The van der Waals surface area contributed by atoms with Crippen molar-refractivity contribution < 1.29 is 18.7 Å². The highest BCUT2D eigenvalue weighted by Crippen LogP contribution is 2.04. The molecule has 6 heteroatoms. The summed E-state index contributed by atoms with van der Waals surface area (Å²) in [4.78, 5) is 13.0. The molecule has 0 aliphatic heterocycles. The molecule has 1 unspecified atom stereocenters. The van der Waals surface area contributed by atoms with E-state index in [1.807, 2.05) is 0 Å². The number of carbonyl (C=O) groups is 1. The molecule has 0 saturated carbocycles. The molecular formula is C12H24F2N2O2. The molecule has 108 valence electrons. The lowest BCUT2D eigenvalue weighted by Crippen LogP contribution is -2.48. The second-order valence-electron chi connectivity index (χ2n) is 4.28. The van der Waals surface area contributed by atoms with Crippen molar-refractivity contribution in [1.82, 2.24) is 10.2 Å². The molecule has 0 aromatic carbocycles. The number of alkyl halides is 2. The lowest BCUT2D eigenvalue weighted by molar-refractivity contribution is -0.126. The van der Waals surface area contributed by atoms with Crippen LogP contribution in [0.25, 0.3) is 0 Å². The van der Waals surface area contributed by atoms with E-state index in [1.165, 1.54) is 4.90 Å². The third-order valence-corrected chi connectivity index (χ3v) is 2.77. The molecule has 4 nitrogen and oxygen atoms in total. The largest absolute Gasteiger partial charge is 0.395 e. The minimum absolute atomic E-state index is 0.0773. The molecule has 0 aliphatic rings. The Morgan fingerprint density at radius 3 is 2.56 bits per heavy atom. The number of amides is 1. The van der Waals surface area contributed by atoms with Gasteiger partial charge in [-0.3, -0.25) is 9.69 Å². The van der Waals surface area contributed by atoms with Crippen molar-refractivity contribution in [2.24, 2.45) is 0 Å². The zero-order valence-electron chi connectivity index (χ0n) is 11.2. The van der Waals surface area contributed by atoms with E-state index in [4.69, 9.17) is 5.11 Å². The van der Waals surface area contributed by atoms with Crippen LogP contribution in [0.5, 0.6) is 0 Å². The predicted octanol–water partition coefficient (Wildman–Crippen LogP) is 1.24. The molecule has 0 radical (unpaired) electrons. The van der Waals surface area contributed by atoms with Crippen LogP contribution in [0.4, 0.5) is 8.78 Å². The Bertz CT molecular complexity index is 228. The molecular weight excluding hydrogens is 242 g/mol. The highest BCUT2D eigenvalue weighted by molar-refractivity contribution is 5.81. The van der Waals surface area contributed by atoms with Crippen LogP contribution >= 0.6 is 0 Å². The number of aliphatic hydroxyl groups is 1. The lowest BCUT2D eigenvalue weighted by Gasteiger charge is -2.27. The molecule has 18 heavy (non-hydrogen) atoms. The summed E-state index contributed by atoms with van der Waals surface area (Å²) < 4.78 is 24.7. The van der Waals surface area contributed by atoms with Gasteiger partial charge in [0.25, 0.3) is 6.43 Å². The van der Waals surface area contributed by atoms with Crippen molar-refractivity contribution in [3.05, 3.63) is 0 Å². The van der Waals surface area contributed by atoms with Crippen LogP contribution in [-0.4, -0.2) is 54.6 Å². The van der Waals surface area contributed by atoms with Crippen molar-refractivity contribution in [3.8, 4) is 0 Å². The maximum absolute atomic E-state index is 12.3. The summed E-state index contributed by atoms with van der Waals surface area (Å²) in [5, 5.41) is 11.5. The first kappa shape index (κ1) is 17.2. The summed E-state index contributed by atoms with van der Waals surface area (Å²) in [5.74, 6) is -0.264. The van der Waals surface area contributed by atoms with E-state index in [1.54, 1.807) is 6.92 Å². The van der Waals surface area contributed by atoms with Crippen LogP contribution in [0.3, 0.4) is 0 Å². The number of hydrogen-bond acceptors (Lipinski definition) is 3. The van der Waals surface area contributed by atoms with Gasteiger partial charge in [-0.15, -0.1) is 0 Å². The van der Waals surface area contributed by atoms with Gasteiger partial charge in [0, 0.05) is 13.1 Å². The van der Waals surface area contributed by atoms with Gasteiger partial charge in [0.05, 0.1) is 19.2 Å². The Balaban J connectivity index is 4.11. The average molecular weight is 266 g/mol. The zero-order chi connectivity index (χ0) is 14.0. The smallest absolute Gasteiger partial charge is 0.251 e. The lowest BCUT2D eigenvalue weighted by atomic mass is 10.2. The highest BCUT2D eigenvalue weighted by atomic mass is 19.3. The molecule has 1 amide bonds. The van der Waals surface area contributed by atoms with Crippen LogP contribution in [0.1, 0.15) is 33.1 Å². The van der Waals surface area contributed by atoms with Gasteiger partial charge < -0.3 is 10.4 Å². The number of aliphatic hydroxyl groups excluding tert-OH is 1. The zero-order valence-corrected chi connectivity index (χ0v) is 11.2. The summed E-state index contributed by atoms with van der Waals surface area (Å²) in [5.41, 5.74) is 0. The van der Waals surface area contributed by atoms with Crippen LogP contribution in [0.2, 0.25) is 0 Å². The Hall–Kier alpha value is -0.750. The Morgan fingerprint density at radius 2 is 2.06 bits per heavy atom. The van der Waals surface area contributed by atoms with E-state index >= 15 is 0 Å². The first-order valence-corrected chi connectivity index (χ1v) is 6.43. The number of unbranched alkanes of at least 4 members (excludes halogenated alkanes) is 2. The summed E-state index contributed by atoms with van der Waals surface area (Å²) >= 11 is 0. The number of carbonyl (C=O) groups excluding carboxylic acids is 1. The molecule has 0 heterocycles. The normalized spacial score (nSPS) is 13.1. The third-order valence-electron chi connectivity index (χ3n) is 2.77. The molecule has 0 aliphatic carbocycles. The van der Waals surface area contributed by atoms with Crippen LogP contribution in [0, 0.1) is 0 Å². The molecule has 0 spiro atoms. The molecule has 2 N–H and O–H groups in total. The SMILES string of the molecule is CCCCCNC(=O)C(C)N(CCO)CC(F)F. The number of hydrogen-bond donors (Lipinski definition) is 2. The Labute approximate surface area is 107 Å². The molecule has 0 saturated heterocycles. The quantitative estimate of drug-likeness (QED) is 0.585. The topological polar surface area (TPSA) is 52.6 Å². The van der Waals surface area contributed by atoms with E-state index in [0.29, 0.717) is 6.54 Å². The van der Waals surface area contributed by atoms with Crippen molar-refractivity contribution in [3.63, 3.8) is 0 Å². The summed E-state index contributed by atoms with van der Waals surface area (Å²) in [6.45, 7) is 3.56. The molecule has 0 aromatic heterocycles. The van der Waals surface area contributed by atoms with Crippen LogP contribution < -0.4 is 5.32 Å². The van der Waals surface area contributed by atoms with Crippen molar-refractivity contribution in [1.29, 1.82) is 0 Å². The standard InChI is InChI=1S/C12H24F2N2O2/c1-3-4-5-6-15-12(18)10(2)16(7-8-17)9-11(13)14/h10-11,17H,3-9H2,1-2H3,(H,15,18). The highest BCUT2D eigenvalue weighted by Gasteiger charge is 2.23. The summed E-state index contributed by atoms with van der Waals surface area (Å²) in [6.07, 6.45) is 0.482. The van der Waals surface area contributed by atoms with Gasteiger partial charge in [-0.25, -0.2) is 8.78 Å².